The number of hydrogen-bond acceptors (Lipinski definition) is 5. The van der Waals surface area contributed by atoms with Gasteiger partial charge in [-0.1, -0.05) is 6.07 Å². The van der Waals surface area contributed by atoms with Gasteiger partial charge < -0.3 is 10.1 Å². The number of anilines is 1. The molecule has 1 aromatic heterocycles. The van der Waals surface area contributed by atoms with Crippen molar-refractivity contribution in [2.75, 3.05) is 4.90 Å². The van der Waals surface area contributed by atoms with E-state index in [1.807, 2.05) is 0 Å². The number of ether oxygens (including phenoxy) is 1. The van der Waals surface area contributed by atoms with Crippen LogP contribution in [0.15, 0.2) is 24.3 Å². The van der Waals surface area contributed by atoms with Crippen LogP contribution in [0, 0.1) is 13.5 Å². The number of hydrogen-bond donors (Lipinski definition) is 1. The van der Waals surface area contributed by atoms with Crippen molar-refractivity contribution in [2.24, 2.45) is 0 Å². The van der Waals surface area contributed by atoms with Crippen LogP contribution in [-0.2, 0) is 11.0 Å². The first-order valence-electron chi connectivity index (χ1n) is 8.21. The molecule has 1 saturated heterocycles. The summed E-state index contributed by atoms with van der Waals surface area (Å²) in [7, 11) is 0. The number of aromatic nitrogens is 2. The topological polar surface area (TPSA) is 88.8 Å². The van der Waals surface area contributed by atoms with Crippen LogP contribution < -0.4 is 15.0 Å². The molecule has 2 heterocycles. The molecule has 0 saturated carbocycles. The van der Waals surface area contributed by atoms with Gasteiger partial charge in [-0.2, -0.15) is 18.2 Å². The normalized spacial score (nSPS) is 15.8. The molecule has 150 valence electrons. The number of imide groups is 1. The molecule has 8 nitrogen and oxygen atoms in total. The Labute approximate surface area is 163 Å². The molecule has 1 fully saturated rings. The molecule has 0 bridgehead atoms. The second-order valence-electron chi connectivity index (χ2n) is 6.74. The van der Waals surface area contributed by atoms with Crippen LogP contribution in [0.3, 0.4) is 0 Å². The highest BCUT2D eigenvalue weighted by molar-refractivity contribution is 6.22. The Morgan fingerprint density at radius 3 is 2.45 bits per heavy atom. The summed E-state index contributed by atoms with van der Waals surface area (Å²) in [6, 6.07) is 4.40. The first kappa shape index (κ1) is 20.1. The minimum absolute atomic E-state index is 0.0666. The maximum Gasteiger partial charge on any atom is 0.451 e. The molecule has 0 radical (unpaired) electrons. The van der Waals surface area contributed by atoms with E-state index in [0.717, 1.165) is 6.07 Å². The quantitative estimate of drug-likeness (QED) is 0.616. The molecule has 0 aliphatic carbocycles. The van der Waals surface area contributed by atoms with E-state index >= 15 is 0 Å². The van der Waals surface area contributed by atoms with Gasteiger partial charge in [-0.25, -0.2) is 19.5 Å². The first-order chi connectivity index (χ1) is 13.4. The summed E-state index contributed by atoms with van der Waals surface area (Å²) in [6.45, 7) is 11.6. The second kappa shape index (κ2) is 6.73. The third kappa shape index (κ3) is 3.82. The maximum atomic E-state index is 13.3. The zero-order chi connectivity index (χ0) is 21.6. The molecule has 2 aromatic rings. The molecule has 0 unspecified atom stereocenters. The molecule has 3 rings (SSSR count). The van der Waals surface area contributed by atoms with Gasteiger partial charge in [-0.15, -0.1) is 0 Å². The van der Waals surface area contributed by atoms with Crippen molar-refractivity contribution in [1.82, 2.24) is 15.3 Å². The molecule has 29 heavy (non-hydrogen) atoms. The van der Waals surface area contributed by atoms with Crippen LogP contribution in [0.1, 0.15) is 25.2 Å². The van der Waals surface area contributed by atoms with Gasteiger partial charge in [0.15, 0.2) is 11.5 Å². The molecule has 1 aliphatic heterocycles. The van der Waals surface area contributed by atoms with Crippen LogP contribution in [0.2, 0.25) is 0 Å². The van der Waals surface area contributed by atoms with E-state index in [2.05, 4.69) is 20.1 Å². The fourth-order valence-corrected chi connectivity index (χ4v) is 2.56. The fourth-order valence-electron chi connectivity index (χ4n) is 2.56. The largest absolute Gasteiger partial charge is 0.451 e. The summed E-state index contributed by atoms with van der Waals surface area (Å²) in [6.07, 6.45) is -4.95. The Bertz CT molecular complexity index is 1060. The Kier molecular flexibility index (Phi) is 4.66. The van der Waals surface area contributed by atoms with E-state index in [0.29, 0.717) is 10.5 Å². The van der Waals surface area contributed by atoms with Crippen LogP contribution in [0.5, 0.6) is 11.6 Å². The molecule has 0 spiro atoms. The summed E-state index contributed by atoms with van der Waals surface area (Å²) < 4.78 is 45.2. The lowest BCUT2D eigenvalue weighted by Gasteiger charge is -2.17. The Morgan fingerprint density at radius 2 is 1.90 bits per heavy atom. The predicted molar refractivity (Wildman–Crippen MR) is 94.6 cm³/mol. The monoisotopic (exact) mass is 405 g/mol. The van der Waals surface area contributed by atoms with Gasteiger partial charge in [0, 0.05) is 6.07 Å². The molecule has 1 N–H and O–H groups in total. The van der Waals surface area contributed by atoms with Crippen molar-refractivity contribution in [2.45, 2.75) is 32.5 Å². The summed E-state index contributed by atoms with van der Waals surface area (Å²) in [5.41, 5.74) is -0.389. The predicted octanol–water partition coefficient (Wildman–Crippen LogP) is 3.98. The summed E-state index contributed by atoms with van der Waals surface area (Å²) in [5, 5.41) is 2.36. The van der Waals surface area contributed by atoms with Gasteiger partial charge in [0.25, 0.3) is 5.91 Å². The van der Waals surface area contributed by atoms with Crippen molar-refractivity contribution in [1.29, 1.82) is 0 Å². The van der Waals surface area contributed by atoms with Gasteiger partial charge in [0.2, 0.25) is 11.7 Å². The summed E-state index contributed by atoms with van der Waals surface area (Å²) in [4.78, 5) is 35.0. The summed E-state index contributed by atoms with van der Waals surface area (Å²) >= 11 is 0. The lowest BCUT2D eigenvalue weighted by Crippen LogP contribution is -2.40. The maximum absolute atomic E-state index is 13.3. The number of carbonyl (C=O) groups is 2. The Morgan fingerprint density at radius 1 is 1.21 bits per heavy atom. The summed E-state index contributed by atoms with van der Waals surface area (Å²) in [5.74, 6) is -3.39. The van der Waals surface area contributed by atoms with Crippen LogP contribution >= 0.6 is 0 Å². The number of alkyl halides is 3. The highest BCUT2D eigenvalue weighted by Crippen LogP contribution is 2.34. The number of halogens is 3. The third-order valence-corrected chi connectivity index (χ3v) is 4.06. The lowest BCUT2D eigenvalue weighted by atomic mass is 10.1. The molecule has 1 aliphatic rings. The number of rotatable bonds is 3. The minimum Gasteiger partial charge on any atom is -0.440 e. The highest BCUT2D eigenvalue weighted by Gasteiger charge is 2.47. The highest BCUT2D eigenvalue weighted by atomic mass is 19.4. The zero-order valence-electron chi connectivity index (χ0n) is 15.5. The number of carbonyl (C=O) groups excluding carboxylic acids is 2. The smallest absolute Gasteiger partial charge is 0.440 e. The molecular formula is C18H14F3N5O3. The SMILES string of the molecule is [C-]#[N+]c1cc(Oc2cc(N3C(=O)NC(C)(C)C3=O)nc(C(F)(F)F)n2)ccc1C. The van der Waals surface area contributed by atoms with Gasteiger partial charge in [-0.3, -0.25) is 4.79 Å². The number of aryl methyl sites for hydroxylation is 1. The van der Waals surface area contributed by atoms with Crippen molar-refractivity contribution in [3.8, 4) is 11.6 Å². The van der Waals surface area contributed by atoms with Crippen molar-refractivity contribution in [3.05, 3.63) is 47.1 Å². The van der Waals surface area contributed by atoms with Gasteiger partial charge in [-0.05, 0) is 38.5 Å². The number of benzene rings is 1. The molecular weight excluding hydrogens is 391 g/mol. The average molecular weight is 405 g/mol. The van der Waals surface area contributed by atoms with Gasteiger partial charge in [0.1, 0.15) is 11.3 Å². The van der Waals surface area contributed by atoms with Gasteiger partial charge in [0.05, 0.1) is 6.57 Å². The van der Waals surface area contributed by atoms with E-state index in [1.54, 1.807) is 13.0 Å². The average Bonchev–Trinajstić information content (AvgIpc) is 2.82. The molecule has 11 heteroatoms. The van der Waals surface area contributed by atoms with Crippen molar-refractivity contribution >= 4 is 23.4 Å². The Hall–Kier alpha value is -3.68. The number of nitrogens with one attached hydrogen (secondary N) is 1. The minimum atomic E-state index is -4.95. The van der Waals surface area contributed by atoms with Crippen molar-refractivity contribution in [3.63, 3.8) is 0 Å². The van der Waals surface area contributed by atoms with E-state index in [9.17, 15) is 22.8 Å². The zero-order valence-corrected chi connectivity index (χ0v) is 15.5. The first-order valence-corrected chi connectivity index (χ1v) is 8.21. The number of nitrogens with zero attached hydrogens (tertiary/aromatic N) is 4. The van der Waals surface area contributed by atoms with Crippen LogP contribution in [-0.4, -0.2) is 27.4 Å². The van der Waals surface area contributed by atoms with E-state index in [-0.39, 0.29) is 11.4 Å². The van der Waals surface area contributed by atoms with Crippen LogP contribution in [0.25, 0.3) is 4.85 Å². The number of urea groups is 1. The second-order valence-corrected chi connectivity index (χ2v) is 6.74. The lowest BCUT2D eigenvalue weighted by molar-refractivity contribution is -0.145. The van der Waals surface area contributed by atoms with Crippen molar-refractivity contribution < 1.29 is 27.5 Å². The van der Waals surface area contributed by atoms with E-state index < -0.39 is 41.2 Å². The van der Waals surface area contributed by atoms with E-state index in [1.165, 1.54) is 26.0 Å². The number of amides is 3. The van der Waals surface area contributed by atoms with Crippen LogP contribution in [0.4, 0.5) is 29.5 Å². The van der Waals surface area contributed by atoms with Gasteiger partial charge >= 0.3 is 12.2 Å². The fraction of sp³-hybridized carbons (Fsp3) is 0.278. The molecule has 0 atom stereocenters. The molecule has 3 amide bonds. The third-order valence-electron chi connectivity index (χ3n) is 4.06. The standard InChI is InChI=1S/C18H14F3N5O3/c1-9-5-6-10(7-11(9)22-4)29-13-8-12(23-14(24-13)18(19,20)21)26-15(27)17(2,3)25-16(26)28/h5-8H,1-3H3,(H,25,28). The van der Waals surface area contributed by atoms with E-state index in [4.69, 9.17) is 11.3 Å². The molecule has 1 aromatic carbocycles. The Balaban J connectivity index is 2.07.